The van der Waals surface area contributed by atoms with Gasteiger partial charge in [0.1, 0.15) is 11.9 Å². The molecule has 114 valence electrons. The molecule has 1 rings (SSSR count). The van der Waals surface area contributed by atoms with Gasteiger partial charge in [-0.2, -0.15) is 0 Å². The Hall–Kier alpha value is -2.28. The first-order chi connectivity index (χ1) is 10.0. The van der Waals surface area contributed by atoms with Gasteiger partial charge in [0.2, 0.25) is 0 Å². The summed E-state index contributed by atoms with van der Waals surface area (Å²) in [5.74, 6) is -0.229. The second-order valence-electron chi connectivity index (χ2n) is 4.20. The number of esters is 1. The lowest BCUT2D eigenvalue weighted by molar-refractivity contribution is 0.0136. The number of carbonyl (C=O) groups is 1. The van der Waals surface area contributed by atoms with Crippen LogP contribution in [0.5, 0.6) is 5.75 Å². The molecule has 8 nitrogen and oxygen atoms in total. The number of hydrogen-bond acceptors (Lipinski definition) is 6. The quantitative estimate of drug-likeness (QED) is 0.342. The van der Waals surface area contributed by atoms with Gasteiger partial charge in [0.15, 0.2) is 0 Å². The van der Waals surface area contributed by atoms with Crippen molar-refractivity contribution < 1.29 is 24.5 Å². The maximum absolute atomic E-state index is 11.5. The lowest BCUT2D eigenvalue weighted by Gasteiger charge is -2.20. The number of azide groups is 1. The van der Waals surface area contributed by atoms with Crippen LogP contribution in [0.15, 0.2) is 23.3 Å². The maximum Gasteiger partial charge on any atom is 0.337 e. The van der Waals surface area contributed by atoms with Gasteiger partial charge in [-0.15, -0.1) is 0 Å². The Bertz CT molecular complexity index is 543. The van der Waals surface area contributed by atoms with Crippen LogP contribution in [0.1, 0.15) is 28.4 Å². The van der Waals surface area contributed by atoms with E-state index in [1.54, 1.807) is 0 Å². The third-order valence-corrected chi connectivity index (χ3v) is 2.92. The van der Waals surface area contributed by atoms with Gasteiger partial charge >= 0.3 is 5.97 Å². The number of aliphatic hydroxyl groups is 2. The van der Waals surface area contributed by atoms with Gasteiger partial charge in [-0.05, 0) is 30.2 Å². The van der Waals surface area contributed by atoms with E-state index in [9.17, 15) is 15.0 Å². The molecule has 2 atom stereocenters. The number of ether oxygens (including phenoxy) is 2. The molecule has 0 heterocycles. The molecule has 0 aromatic heterocycles. The number of hydrogen-bond donors (Lipinski definition) is 2. The van der Waals surface area contributed by atoms with E-state index in [0.717, 1.165) is 0 Å². The van der Waals surface area contributed by atoms with Gasteiger partial charge in [-0.1, -0.05) is 5.11 Å². The van der Waals surface area contributed by atoms with Gasteiger partial charge in [-0.3, -0.25) is 0 Å². The summed E-state index contributed by atoms with van der Waals surface area (Å²) in [7, 11) is 2.66. The topological polar surface area (TPSA) is 125 Å². The largest absolute Gasteiger partial charge is 0.496 e. The molecule has 0 bridgehead atoms. The number of aliphatic hydroxyl groups excluding tert-OH is 2. The highest BCUT2D eigenvalue weighted by Crippen LogP contribution is 2.29. The number of methoxy groups -OCH3 is 2. The number of carbonyl (C=O) groups excluding carboxylic acids is 1. The Morgan fingerprint density at radius 2 is 2.14 bits per heavy atom. The normalized spacial score (nSPS) is 13.0. The summed E-state index contributed by atoms with van der Waals surface area (Å²) in [4.78, 5) is 14.1. The summed E-state index contributed by atoms with van der Waals surface area (Å²) in [5, 5.41) is 23.4. The summed E-state index contributed by atoms with van der Waals surface area (Å²) in [5.41, 5.74) is 8.67. The molecular formula is C13H17N3O5. The van der Waals surface area contributed by atoms with Crippen molar-refractivity contribution in [2.24, 2.45) is 5.11 Å². The van der Waals surface area contributed by atoms with Crippen LogP contribution in [-0.4, -0.2) is 43.1 Å². The van der Waals surface area contributed by atoms with Gasteiger partial charge in [-0.25, -0.2) is 4.79 Å². The number of rotatable bonds is 7. The Morgan fingerprint density at radius 3 is 2.71 bits per heavy atom. The van der Waals surface area contributed by atoms with Gasteiger partial charge in [0.05, 0.1) is 25.9 Å². The van der Waals surface area contributed by atoms with E-state index in [0.29, 0.717) is 5.75 Å². The first kappa shape index (κ1) is 16.8. The van der Waals surface area contributed by atoms with Crippen LogP contribution in [0.4, 0.5) is 0 Å². The van der Waals surface area contributed by atoms with Crippen LogP contribution in [0.2, 0.25) is 0 Å². The summed E-state index contributed by atoms with van der Waals surface area (Å²) in [6, 6.07) is 4.39. The molecular weight excluding hydrogens is 278 g/mol. The Morgan fingerprint density at radius 1 is 1.43 bits per heavy atom. The van der Waals surface area contributed by atoms with E-state index in [-0.39, 0.29) is 24.1 Å². The van der Waals surface area contributed by atoms with Crippen molar-refractivity contribution in [2.45, 2.75) is 18.6 Å². The Kier molecular flexibility index (Phi) is 6.48. The van der Waals surface area contributed by atoms with Gasteiger partial charge in [0.25, 0.3) is 0 Å². The van der Waals surface area contributed by atoms with Crippen molar-refractivity contribution in [1.82, 2.24) is 0 Å². The third-order valence-electron chi connectivity index (χ3n) is 2.92. The first-order valence-electron chi connectivity index (χ1n) is 6.18. The van der Waals surface area contributed by atoms with E-state index in [2.05, 4.69) is 14.8 Å². The highest BCUT2D eigenvalue weighted by atomic mass is 16.5. The molecule has 0 spiro atoms. The van der Waals surface area contributed by atoms with Crippen LogP contribution in [-0.2, 0) is 4.74 Å². The second kappa shape index (κ2) is 8.11. The smallest absolute Gasteiger partial charge is 0.337 e. The lowest BCUT2D eigenvalue weighted by atomic mass is 9.99. The predicted octanol–water partition coefficient (Wildman–Crippen LogP) is 1.58. The highest BCUT2D eigenvalue weighted by molar-refractivity contribution is 5.89. The van der Waals surface area contributed by atoms with Crippen LogP contribution < -0.4 is 4.74 Å². The molecule has 8 heteroatoms. The average molecular weight is 295 g/mol. The molecule has 0 fully saturated rings. The van der Waals surface area contributed by atoms with E-state index in [4.69, 9.17) is 10.3 Å². The zero-order valence-electron chi connectivity index (χ0n) is 11.8. The monoisotopic (exact) mass is 295 g/mol. The van der Waals surface area contributed by atoms with Crippen molar-refractivity contribution in [2.75, 3.05) is 20.8 Å². The number of nitrogens with zero attached hydrogens (tertiary/aromatic N) is 3. The molecule has 21 heavy (non-hydrogen) atoms. The Labute approximate surface area is 121 Å². The zero-order chi connectivity index (χ0) is 15.8. The summed E-state index contributed by atoms with van der Waals surface area (Å²) < 4.78 is 9.71. The fourth-order valence-corrected chi connectivity index (χ4v) is 1.81. The highest BCUT2D eigenvalue weighted by Gasteiger charge is 2.23. The summed E-state index contributed by atoms with van der Waals surface area (Å²) in [6.45, 7) is 0.0493. The van der Waals surface area contributed by atoms with Crippen molar-refractivity contribution in [3.05, 3.63) is 39.8 Å². The molecule has 0 saturated carbocycles. The molecule has 1 aromatic rings. The molecule has 2 N–H and O–H groups in total. The average Bonchev–Trinajstić information content (AvgIpc) is 2.52. The molecule has 2 unspecified atom stereocenters. The SMILES string of the molecule is COC(=O)c1ccc(OC)c(C(O)C(O)CCN=[N+]=[N-])c1. The minimum atomic E-state index is -1.28. The van der Waals surface area contributed by atoms with Crippen LogP contribution in [0.25, 0.3) is 10.4 Å². The standard InChI is InChI=1S/C13H17N3O5/c1-20-11-4-3-8(13(19)21-2)7-9(11)12(18)10(17)5-6-15-16-14/h3-4,7,10,12,17-18H,5-6H2,1-2H3. The maximum atomic E-state index is 11.5. The third kappa shape index (κ3) is 4.35. The summed E-state index contributed by atoms with van der Waals surface area (Å²) >= 11 is 0. The van der Waals surface area contributed by atoms with E-state index in [1.807, 2.05) is 0 Å². The fourth-order valence-electron chi connectivity index (χ4n) is 1.81. The van der Waals surface area contributed by atoms with E-state index < -0.39 is 18.2 Å². The molecule has 0 aliphatic heterocycles. The van der Waals surface area contributed by atoms with Crippen molar-refractivity contribution >= 4 is 5.97 Å². The molecule has 1 aromatic carbocycles. The molecule has 0 radical (unpaired) electrons. The van der Waals surface area contributed by atoms with E-state index in [1.165, 1.54) is 32.4 Å². The molecule has 0 amide bonds. The minimum absolute atomic E-state index is 0.0493. The zero-order valence-corrected chi connectivity index (χ0v) is 11.8. The molecule has 0 aliphatic rings. The number of benzene rings is 1. The minimum Gasteiger partial charge on any atom is -0.496 e. The molecule has 0 saturated heterocycles. The van der Waals surface area contributed by atoms with Crippen molar-refractivity contribution in [3.8, 4) is 5.75 Å². The fraction of sp³-hybridized carbons (Fsp3) is 0.462. The van der Waals surface area contributed by atoms with Gasteiger partial charge in [0, 0.05) is 17.0 Å². The summed E-state index contributed by atoms with van der Waals surface area (Å²) in [6.07, 6.45) is -2.35. The van der Waals surface area contributed by atoms with E-state index >= 15 is 0 Å². The van der Waals surface area contributed by atoms with Crippen molar-refractivity contribution in [1.29, 1.82) is 0 Å². The Balaban J connectivity index is 3.01. The lowest BCUT2D eigenvalue weighted by Crippen LogP contribution is -2.20. The van der Waals surface area contributed by atoms with Crippen LogP contribution in [0, 0.1) is 0 Å². The van der Waals surface area contributed by atoms with Crippen LogP contribution in [0.3, 0.4) is 0 Å². The molecule has 0 aliphatic carbocycles. The predicted molar refractivity (Wildman–Crippen MR) is 73.9 cm³/mol. The van der Waals surface area contributed by atoms with Crippen molar-refractivity contribution in [3.63, 3.8) is 0 Å². The second-order valence-corrected chi connectivity index (χ2v) is 4.20. The first-order valence-corrected chi connectivity index (χ1v) is 6.18. The van der Waals surface area contributed by atoms with Gasteiger partial charge < -0.3 is 19.7 Å². The van der Waals surface area contributed by atoms with Crippen LogP contribution >= 0.6 is 0 Å².